The van der Waals surface area contributed by atoms with Crippen LogP contribution in [0.25, 0.3) is 11.0 Å². The summed E-state index contributed by atoms with van der Waals surface area (Å²) in [6.45, 7) is 0.613. The first kappa shape index (κ1) is 19.2. The van der Waals surface area contributed by atoms with Crippen molar-refractivity contribution >= 4 is 45.8 Å². The Morgan fingerprint density at radius 3 is 2.67 bits per heavy atom. The third kappa shape index (κ3) is 4.80. The lowest BCUT2D eigenvalue weighted by Gasteiger charge is -2.15. The molecule has 1 amide bonds. The van der Waals surface area contributed by atoms with Crippen LogP contribution in [0.2, 0.25) is 10.0 Å². The summed E-state index contributed by atoms with van der Waals surface area (Å²) in [5, 5.41) is 13.8. The molecule has 3 rings (SSSR count). The standard InChI is InChI=1S/C19H16Cl2N2O4/c1-23(10-18(25)22-12-2-5-15(20)16(21)7-12)9-11-6-19(26)27-17-8-13(24)3-4-14(11)17/h2-8,24H,9-10H2,1H3,(H,22,25)/p+1. The van der Waals surface area contributed by atoms with Crippen molar-refractivity contribution in [2.75, 3.05) is 18.9 Å². The van der Waals surface area contributed by atoms with Gasteiger partial charge in [0.05, 0.1) is 17.1 Å². The number of phenolic OH excluding ortho intramolecular Hbond substituents is 1. The topological polar surface area (TPSA) is 84.0 Å². The molecule has 0 saturated heterocycles. The highest BCUT2D eigenvalue weighted by molar-refractivity contribution is 6.42. The van der Waals surface area contributed by atoms with E-state index < -0.39 is 5.63 Å². The molecule has 0 fully saturated rings. The number of quaternary nitrogens is 1. The maximum absolute atomic E-state index is 12.3. The van der Waals surface area contributed by atoms with Crippen LogP contribution in [0.15, 0.2) is 51.7 Å². The van der Waals surface area contributed by atoms with Gasteiger partial charge in [0.2, 0.25) is 0 Å². The molecule has 0 spiro atoms. The Bertz CT molecular complexity index is 1070. The van der Waals surface area contributed by atoms with Gasteiger partial charge in [-0.2, -0.15) is 0 Å². The van der Waals surface area contributed by atoms with Crippen molar-refractivity contribution in [3.8, 4) is 5.75 Å². The fourth-order valence-electron chi connectivity index (χ4n) is 2.81. The van der Waals surface area contributed by atoms with Gasteiger partial charge in [0.15, 0.2) is 6.54 Å². The molecule has 2 aromatic carbocycles. The zero-order valence-electron chi connectivity index (χ0n) is 14.4. The number of likely N-dealkylation sites (N-methyl/N-ethyl adjacent to an activating group) is 1. The molecule has 0 saturated carbocycles. The smallest absolute Gasteiger partial charge is 0.336 e. The summed E-state index contributed by atoms with van der Waals surface area (Å²) in [5.74, 6) is -0.180. The van der Waals surface area contributed by atoms with Gasteiger partial charge in [-0.25, -0.2) is 4.79 Å². The first-order chi connectivity index (χ1) is 12.8. The maximum atomic E-state index is 12.3. The SMILES string of the molecule is C[NH+](CC(=O)Nc1ccc(Cl)c(Cl)c1)Cc1cc(=O)oc2cc(O)ccc12. The lowest BCUT2D eigenvalue weighted by Crippen LogP contribution is -3.08. The lowest BCUT2D eigenvalue weighted by molar-refractivity contribution is -0.885. The second-order valence-electron chi connectivity index (χ2n) is 6.26. The molecule has 0 bridgehead atoms. The van der Waals surface area contributed by atoms with Gasteiger partial charge < -0.3 is 19.7 Å². The van der Waals surface area contributed by atoms with Crippen molar-refractivity contribution in [2.45, 2.75) is 6.54 Å². The van der Waals surface area contributed by atoms with Gasteiger partial charge in [-0.15, -0.1) is 0 Å². The third-order valence-electron chi connectivity index (χ3n) is 3.97. The fourth-order valence-corrected chi connectivity index (χ4v) is 3.10. The maximum Gasteiger partial charge on any atom is 0.336 e. The Morgan fingerprint density at radius 1 is 1.15 bits per heavy atom. The molecule has 0 aliphatic heterocycles. The molecule has 0 aliphatic carbocycles. The Balaban J connectivity index is 1.71. The van der Waals surface area contributed by atoms with Gasteiger partial charge in [0, 0.05) is 28.8 Å². The summed E-state index contributed by atoms with van der Waals surface area (Å²) in [5.41, 5.74) is 1.10. The molecule has 6 nitrogen and oxygen atoms in total. The highest BCUT2D eigenvalue weighted by Gasteiger charge is 2.15. The molecule has 1 aromatic heterocycles. The highest BCUT2D eigenvalue weighted by atomic mass is 35.5. The molecule has 0 radical (unpaired) electrons. The quantitative estimate of drug-likeness (QED) is 0.567. The van der Waals surface area contributed by atoms with Crippen molar-refractivity contribution in [1.82, 2.24) is 0 Å². The molecule has 8 heteroatoms. The molecule has 27 heavy (non-hydrogen) atoms. The fraction of sp³-hybridized carbons (Fsp3) is 0.158. The van der Waals surface area contributed by atoms with E-state index >= 15 is 0 Å². The van der Waals surface area contributed by atoms with Crippen molar-refractivity contribution in [2.24, 2.45) is 0 Å². The Kier molecular flexibility index (Phi) is 5.70. The minimum atomic E-state index is -0.504. The Morgan fingerprint density at radius 2 is 1.93 bits per heavy atom. The summed E-state index contributed by atoms with van der Waals surface area (Å²) in [7, 11) is 1.84. The lowest BCUT2D eigenvalue weighted by atomic mass is 10.1. The van der Waals surface area contributed by atoms with E-state index in [1.165, 1.54) is 18.2 Å². The predicted octanol–water partition coefficient (Wildman–Crippen LogP) is 2.46. The summed E-state index contributed by atoms with van der Waals surface area (Å²) in [6.07, 6.45) is 0. The Hall–Kier alpha value is -2.54. The van der Waals surface area contributed by atoms with E-state index in [1.54, 1.807) is 24.3 Å². The van der Waals surface area contributed by atoms with E-state index in [9.17, 15) is 14.7 Å². The molecule has 3 N–H and O–H groups in total. The van der Waals surface area contributed by atoms with E-state index in [2.05, 4.69) is 5.32 Å². The number of benzene rings is 2. The third-order valence-corrected chi connectivity index (χ3v) is 4.71. The number of carbonyl (C=O) groups excluding carboxylic acids is 1. The van der Waals surface area contributed by atoms with Crippen LogP contribution in [0.1, 0.15) is 5.56 Å². The summed E-state index contributed by atoms with van der Waals surface area (Å²) >= 11 is 11.8. The number of anilines is 1. The molecule has 1 atom stereocenters. The van der Waals surface area contributed by atoms with Crippen molar-refractivity contribution in [3.05, 3.63) is 68.5 Å². The predicted molar refractivity (Wildman–Crippen MR) is 105 cm³/mol. The van der Waals surface area contributed by atoms with Crippen molar-refractivity contribution < 1.29 is 19.2 Å². The number of rotatable bonds is 5. The van der Waals surface area contributed by atoms with E-state index in [1.807, 2.05) is 7.05 Å². The van der Waals surface area contributed by atoms with E-state index in [0.29, 0.717) is 27.9 Å². The number of amides is 1. The molecule has 1 unspecified atom stereocenters. The molecule has 140 valence electrons. The average Bonchev–Trinajstić information content (AvgIpc) is 2.57. The normalized spacial score (nSPS) is 12.1. The Labute approximate surface area is 164 Å². The number of halogens is 2. The van der Waals surface area contributed by atoms with Crippen LogP contribution >= 0.6 is 23.2 Å². The summed E-state index contributed by atoms with van der Waals surface area (Å²) in [6, 6.07) is 10.9. The first-order valence-electron chi connectivity index (χ1n) is 8.14. The molecular formula is C19H17Cl2N2O4+. The molecular weight excluding hydrogens is 391 g/mol. The number of aromatic hydroxyl groups is 1. The minimum Gasteiger partial charge on any atom is -0.508 e. The van der Waals surface area contributed by atoms with Crippen LogP contribution in [0.5, 0.6) is 5.75 Å². The van der Waals surface area contributed by atoms with Crippen LogP contribution < -0.4 is 15.8 Å². The van der Waals surface area contributed by atoms with Crippen molar-refractivity contribution in [3.63, 3.8) is 0 Å². The van der Waals surface area contributed by atoms with Crippen LogP contribution in [-0.4, -0.2) is 24.6 Å². The van der Waals surface area contributed by atoms with E-state index in [-0.39, 0.29) is 18.2 Å². The second kappa shape index (κ2) is 8.00. The minimum absolute atomic E-state index is 0.0181. The number of hydrogen-bond acceptors (Lipinski definition) is 4. The zero-order chi connectivity index (χ0) is 19.6. The van der Waals surface area contributed by atoms with Gasteiger partial charge in [0.25, 0.3) is 5.91 Å². The number of carbonyl (C=O) groups is 1. The second-order valence-corrected chi connectivity index (χ2v) is 7.07. The highest BCUT2D eigenvalue weighted by Crippen LogP contribution is 2.25. The average molecular weight is 408 g/mol. The van der Waals surface area contributed by atoms with Crippen LogP contribution in [0.3, 0.4) is 0 Å². The van der Waals surface area contributed by atoms with Gasteiger partial charge >= 0.3 is 5.63 Å². The van der Waals surface area contributed by atoms with E-state index in [0.717, 1.165) is 15.8 Å². The summed E-state index contributed by atoms with van der Waals surface area (Å²) in [4.78, 5) is 24.9. The molecule has 0 aliphatic rings. The van der Waals surface area contributed by atoms with Gasteiger partial charge in [0.1, 0.15) is 17.9 Å². The van der Waals surface area contributed by atoms with Crippen LogP contribution in [-0.2, 0) is 11.3 Å². The first-order valence-corrected chi connectivity index (χ1v) is 8.89. The van der Waals surface area contributed by atoms with E-state index in [4.69, 9.17) is 27.6 Å². The van der Waals surface area contributed by atoms with Gasteiger partial charge in [-0.3, -0.25) is 4.79 Å². The number of hydrogen-bond donors (Lipinski definition) is 3. The van der Waals surface area contributed by atoms with Gasteiger partial charge in [-0.05, 0) is 30.3 Å². The number of phenols is 1. The zero-order valence-corrected chi connectivity index (χ0v) is 15.9. The largest absolute Gasteiger partial charge is 0.508 e. The number of nitrogens with one attached hydrogen (secondary N) is 2. The van der Waals surface area contributed by atoms with Crippen molar-refractivity contribution in [1.29, 1.82) is 0 Å². The van der Waals surface area contributed by atoms with Crippen LogP contribution in [0, 0.1) is 0 Å². The number of fused-ring (bicyclic) bond motifs is 1. The molecule has 3 aromatic rings. The van der Waals surface area contributed by atoms with Crippen LogP contribution in [0.4, 0.5) is 5.69 Å². The molecule has 1 heterocycles. The monoisotopic (exact) mass is 407 g/mol. The summed E-state index contributed by atoms with van der Waals surface area (Å²) < 4.78 is 5.12. The van der Waals surface area contributed by atoms with Gasteiger partial charge in [-0.1, -0.05) is 23.2 Å².